The fourth-order valence-corrected chi connectivity index (χ4v) is 2.63. The van der Waals surface area contributed by atoms with Gasteiger partial charge in [0, 0.05) is 35.8 Å². The van der Waals surface area contributed by atoms with Gasteiger partial charge in [-0.2, -0.15) is 5.26 Å². The molecule has 4 aromatic rings. The maximum atomic E-state index is 9.01. The van der Waals surface area contributed by atoms with Crippen molar-refractivity contribution < 1.29 is 0 Å². The van der Waals surface area contributed by atoms with Crippen LogP contribution in [0.4, 0.5) is 0 Å². The van der Waals surface area contributed by atoms with Crippen molar-refractivity contribution in [1.29, 1.82) is 5.26 Å². The number of nitrogens with zero attached hydrogens (tertiary/aromatic N) is 4. The van der Waals surface area contributed by atoms with Crippen molar-refractivity contribution in [3.8, 4) is 17.3 Å². The van der Waals surface area contributed by atoms with Crippen LogP contribution in [0.1, 0.15) is 5.56 Å². The third-order valence-corrected chi connectivity index (χ3v) is 3.64. The zero-order valence-corrected chi connectivity index (χ0v) is 11.3. The molecule has 0 fully saturated rings. The van der Waals surface area contributed by atoms with Gasteiger partial charge in [-0.3, -0.25) is 4.68 Å². The number of aryl methyl sites for hydroxylation is 1. The number of benzene rings is 1. The number of H-pyrrole nitrogens is 1. The molecule has 5 nitrogen and oxygen atoms in total. The highest BCUT2D eigenvalue weighted by Gasteiger charge is 2.11. The van der Waals surface area contributed by atoms with Crippen LogP contribution in [-0.2, 0) is 7.05 Å². The van der Waals surface area contributed by atoms with Crippen molar-refractivity contribution in [1.82, 2.24) is 19.7 Å². The summed E-state index contributed by atoms with van der Waals surface area (Å²) < 4.78 is 1.95. The summed E-state index contributed by atoms with van der Waals surface area (Å²) in [4.78, 5) is 8.98. The second-order valence-corrected chi connectivity index (χ2v) is 4.97. The SMILES string of the molecule is Cn1[nH]cc2cnc3nc(-c4cccc(C#N)c4)cc3c21. The summed E-state index contributed by atoms with van der Waals surface area (Å²) in [6.45, 7) is 0. The van der Waals surface area contributed by atoms with E-state index < -0.39 is 0 Å². The number of pyridine rings is 1. The van der Waals surface area contributed by atoms with Gasteiger partial charge in [0.2, 0.25) is 0 Å². The van der Waals surface area contributed by atoms with Crippen LogP contribution in [0.3, 0.4) is 0 Å². The molecule has 1 N–H and O–H groups in total. The molecule has 5 heteroatoms. The Hall–Kier alpha value is -3.13. The second-order valence-electron chi connectivity index (χ2n) is 4.97. The summed E-state index contributed by atoms with van der Waals surface area (Å²) in [6, 6.07) is 11.6. The first-order valence-corrected chi connectivity index (χ1v) is 6.56. The Morgan fingerprint density at radius 1 is 1.29 bits per heavy atom. The minimum atomic E-state index is 0.630. The molecule has 0 atom stereocenters. The summed E-state index contributed by atoms with van der Waals surface area (Å²) in [5.74, 6) is 0. The molecule has 0 aliphatic heterocycles. The van der Waals surface area contributed by atoms with Crippen LogP contribution >= 0.6 is 0 Å². The van der Waals surface area contributed by atoms with E-state index in [4.69, 9.17) is 5.26 Å². The van der Waals surface area contributed by atoms with E-state index in [0.717, 1.165) is 33.2 Å². The first kappa shape index (κ1) is 11.7. The molecule has 0 bridgehead atoms. The van der Waals surface area contributed by atoms with Crippen molar-refractivity contribution in [2.75, 3.05) is 0 Å². The van der Waals surface area contributed by atoms with Gasteiger partial charge in [-0.1, -0.05) is 12.1 Å². The Morgan fingerprint density at radius 3 is 3.05 bits per heavy atom. The molecular formula is C16H11N5. The topological polar surface area (TPSA) is 70.3 Å². The highest BCUT2D eigenvalue weighted by Crippen LogP contribution is 2.28. The number of aromatic amines is 1. The third kappa shape index (κ3) is 1.70. The summed E-state index contributed by atoms with van der Waals surface area (Å²) in [5, 5.41) is 14.2. The van der Waals surface area contributed by atoms with E-state index in [1.54, 1.807) is 6.07 Å². The highest BCUT2D eigenvalue weighted by molar-refractivity contribution is 6.04. The maximum absolute atomic E-state index is 9.01. The molecule has 0 radical (unpaired) electrons. The largest absolute Gasteiger partial charge is 0.305 e. The van der Waals surface area contributed by atoms with E-state index in [2.05, 4.69) is 21.1 Å². The number of hydrogen-bond donors (Lipinski definition) is 1. The number of fused-ring (bicyclic) bond motifs is 3. The molecule has 0 aliphatic rings. The second kappa shape index (κ2) is 4.18. The van der Waals surface area contributed by atoms with Gasteiger partial charge < -0.3 is 5.10 Å². The van der Waals surface area contributed by atoms with Crippen LogP contribution in [0.5, 0.6) is 0 Å². The van der Waals surface area contributed by atoms with Gasteiger partial charge in [-0.15, -0.1) is 0 Å². The van der Waals surface area contributed by atoms with Crippen LogP contribution in [0, 0.1) is 11.3 Å². The summed E-state index contributed by atoms with van der Waals surface area (Å²) in [7, 11) is 1.96. The molecule has 3 heterocycles. The van der Waals surface area contributed by atoms with Crippen LogP contribution in [0.2, 0.25) is 0 Å². The molecule has 0 amide bonds. The lowest BCUT2D eigenvalue weighted by molar-refractivity contribution is 0.799. The smallest absolute Gasteiger partial charge is 0.162 e. The van der Waals surface area contributed by atoms with E-state index in [9.17, 15) is 0 Å². The van der Waals surface area contributed by atoms with Gasteiger partial charge in [0.25, 0.3) is 0 Å². The number of nitriles is 1. The summed E-state index contributed by atoms with van der Waals surface area (Å²) in [6.07, 6.45) is 3.74. The lowest BCUT2D eigenvalue weighted by Crippen LogP contribution is -1.89. The van der Waals surface area contributed by atoms with Gasteiger partial charge in [0.15, 0.2) is 5.65 Å². The number of aromatic nitrogens is 4. The fourth-order valence-electron chi connectivity index (χ4n) is 2.63. The minimum Gasteiger partial charge on any atom is -0.305 e. The Balaban J connectivity index is 2.00. The number of rotatable bonds is 1. The van der Waals surface area contributed by atoms with Gasteiger partial charge in [-0.05, 0) is 18.2 Å². The van der Waals surface area contributed by atoms with Crippen LogP contribution < -0.4 is 0 Å². The molecular weight excluding hydrogens is 262 g/mol. The molecule has 0 aliphatic carbocycles. The van der Waals surface area contributed by atoms with E-state index in [1.807, 2.05) is 48.4 Å². The van der Waals surface area contributed by atoms with Crippen LogP contribution in [0.25, 0.3) is 33.2 Å². The number of hydrogen-bond acceptors (Lipinski definition) is 3. The average molecular weight is 273 g/mol. The normalized spacial score (nSPS) is 11.0. The molecule has 1 aromatic carbocycles. The van der Waals surface area contributed by atoms with E-state index >= 15 is 0 Å². The molecule has 4 rings (SSSR count). The summed E-state index contributed by atoms with van der Waals surface area (Å²) in [5.41, 5.74) is 4.19. The molecule has 3 aromatic heterocycles. The van der Waals surface area contributed by atoms with Crippen molar-refractivity contribution >= 4 is 21.9 Å². The predicted octanol–water partition coefficient (Wildman–Crippen LogP) is 2.99. The standard InChI is InChI=1S/C16H11N5/c1-21-15-12(9-19-21)8-18-16-13(15)6-14(20-16)11-4-2-3-10(5-11)7-17/h2-6,8-9,19H,1H3. The van der Waals surface area contributed by atoms with E-state index in [-0.39, 0.29) is 0 Å². The molecule has 100 valence electrons. The maximum Gasteiger partial charge on any atom is 0.162 e. The molecule has 0 saturated carbocycles. The van der Waals surface area contributed by atoms with Crippen LogP contribution in [-0.4, -0.2) is 19.7 Å². The van der Waals surface area contributed by atoms with Crippen molar-refractivity contribution in [2.45, 2.75) is 0 Å². The zero-order valence-electron chi connectivity index (χ0n) is 11.3. The monoisotopic (exact) mass is 273 g/mol. The van der Waals surface area contributed by atoms with Crippen molar-refractivity contribution in [3.05, 3.63) is 48.3 Å². The van der Waals surface area contributed by atoms with Gasteiger partial charge in [-0.25, -0.2) is 9.97 Å². The minimum absolute atomic E-state index is 0.630. The Kier molecular flexibility index (Phi) is 2.33. The first-order chi connectivity index (χ1) is 10.3. The highest BCUT2D eigenvalue weighted by atomic mass is 15.2. The lowest BCUT2D eigenvalue weighted by atomic mass is 10.1. The van der Waals surface area contributed by atoms with Crippen molar-refractivity contribution in [3.63, 3.8) is 0 Å². The van der Waals surface area contributed by atoms with Gasteiger partial charge in [0.1, 0.15) is 0 Å². The van der Waals surface area contributed by atoms with Crippen LogP contribution in [0.15, 0.2) is 42.7 Å². The number of nitrogens with one attached hydrogen (secondary N) is 1. The summed E-state index contributed by atoms with van der Waals surface area (Å²) >= 11 is 0. The third-order valence-electron chi connectivity index (χ3n) is 3.64. The first-order valence-electron chi connectivity index (χ1n) is 6.56. The van der Waals surface area contributed by atoms with Crippen molar-refractivity contribution in [2.24, 2.45) is 7.05 Å². The fraction of sp³-hybridized carbons (Fsp3) is 0.0625. The Morgan fingerprint density at radius 2 is 2.19 bits per heavy atom. The van der Waals surface area contributed by atoms with Gasteiger partial charge >= 0.3 is 0 Å². The molecule has 0 spiro atoms. The van der Waals surface area contributed by atoms with Gasteiger partial charge in [0.05, 0.1) is 22.8 Å². The van der Waals surface area contributed by atoms with E-state index in [0.29, 0.717) is 5.56 Å². The predicted molar refractivity (Wildman–Crippen MR) is 80.5 cm³/mol. The lowest BCUT2D eigenvalue weighted by Gasteiger charge is -1.96. The Bertz CT molecular complexity index is 1020. The Labute approximate surface area is 120 Å². The zero-order chi connectivity index (χ0) is 14.4. The van der Waals surface area contributed by atoms with E-state index in [1.165, 1.54) is 0 Å². The molecule has 21 heavy (non-hydrogen) atoms. The quantitative estimate of drug-likeness (QED) is 0.579. The molecule has 0 unspecified atom stereocenters. The molecule has 0 saturated heterocycles. The average Bonchev–Trinajstić information content (AvgIpc) is 3.10.